The molecule has 3 aromatic heterocycles. The van der Waals surface area contributed by atoms with E-state index in [0.717, 1.165) is 50.1 Å². The smallest absolute Gasteiger partial charge is 0.346 e. The van der Waals surface area contributed by atoms with E-state index in [1.54, 1.807) is 0 Å². The van der Waals surface area contributed by atoms with Crippen molar-refractivity contribution in [1.29, 1.82) is 0 Å². The van der Waals surface area contributed by atoms with Crippen LogP contribution in [0.5, 0.6) is 0 Å². The monoisotopic (exact) mass is 1280 g/mol. The molecule has 6 fully saturated rings. The molecule has 9 heterocycles. The number of hydrogen-bond donors (Lipinski definition) is 3. The molecule has 3 aromatic carbocycles. The maximum atomic E-state index is 15.6. The van der Waals surface area contributed by atoms with Crippen molar-refractivity contribution in [3.05, 3.63) is 144 Å². The number of ether oxygens (including phenoxy) is 9. The van der Waals surface area contributed by atoms with Gasteiger partial charge in [0.2, 0.25) is 0 Å². The number of aromatic amines is 3. The van der Waals surface area contributed by atoms with Crippen LogP contribution < -0.4 is 33.7 Å². The lowest BCUT2D eigenvalue weighted by atomic mass is 10.1. The number of halogens is 3. The molecule has 0 unspecified atom stereocenters. The van der Waals surface area contributed by atoms with E-state index in [2.05, 4.69) is 15.0 Å². The number of rotatable bonds is 15. The lowest BCUT2D eigenvalue weighted by Gasteiger charge is -2.28. The molecule has 6 saturated heterocycles. The van der Waals surface area contributed by atoms with Crippen molar-refractivity contribution in [1.82, 2.24) is 28.7 Å². The van der Waals surface area contributed by atoms with E-state index >= 15 is 4.57 Å². The molecule has 34 nitrogen and oxygen atoms in total. The first kappa shape index (κ1) is 59.6. The summed E-state index contributed by atoms with van der Waals surface area (Å²) in [6.07, 6.45) is -16.0. The van der Waals surface area contributed by atoms with Crippen LogP contribution >= 0.6 is 42.6 Å². The number of benzene rings is 3. The standard InChI is InChI=1S/C48H45Cl3N9O25P/c1-46(2)80-31-28(77-40(34(31)83-46)55-22-10-19(49)25(58(67)68)7-16(22)37(61)52-43(55)64)13-74-86(73,75-14-29-32-35(84-47(3,4)81-32)41(78-29)56-23-11-20(50)26(59(69)70)8-17(23)38(62)53-44(56)65)76-15-30-33-36(85-48(5,6)82-33)42(79-30)57-24-12-21(51)27(60(71)72)9-18(24)39(63)54-45(57)66/h7-12,28-36,40-42H,13-15H2,1-6H3,(H,52,61,64)(H,53,62,65)(H,54,63,66)/t28-,29-,30-,31-,32-,33-,34-,35-,36-,40-,41-,42-/m1/s1. The normalized spacial score (nSPS) is 28.8. The van der Waals surface area contributed by atoms with Crippen molar-refractivity contribution in [2.45, 2.75) is 133 Å². The molecule has 0 spiro atoms. The molecule has 0 amide bonds. The first-order chi connectivity index (χ1) is 40.3. The summed E-state index contributed by atoms with van der Waals surface area (Å²) in [6.45, 7) is 6.81. The number of hydrogen-bond acceptors (Lipinski definition) is 25. The minimum atomic E-state index is -5.21. The number of H-pyrrole nitrogens is 3. The quantitative estimate of drug-likeness (QED) is 0.0737. The third-order valence-electron chi connectivity index (χ3n) is 14.9. The average Bonchev–Trinajstić information content (AvgIpc) is 1.58. The predicted molar refractivity (Wildman–Crippen MR) is 290 cm³/mol. The van der Waals surface area contributed by atoms with Gasteiger partial charge >= 0.3 is 24.9 Å². The van der Waals surface area contributed by atoms with Gasteiger partial charge in [0, 0.05) is 18.2 Å². The van der Waals surface area contributed by atoms with Crippen LogP contribution in [0.2, 0.25) is 15.1 Å². The highest BCUT2D eigenvalue weighted by molar-refractivity contribution is 7.48. The van der Waals surface area contributed by atoms with Crippen LogP contribution in [0.3, 0.4) is 0 Å². The Kier molecular flexibility index (Phi) is 14.6. The van der Waals surface area contributed by atoms with Crippen molar-refractivity contribution in [3.63, 3.8) is 0 Å². The molecule has 0 aliphatic carbocycles. The van der Waals surface area contributed by atoms with Gasteiger partial charge in [-0.3, -0.25) is 87.0 Å². The highest BCUT2D eigenvalue weighted by Gasteiger charge is 2.61. The lowest BCUT2D eigenvalue weighted by Crippen LogP contribution is -2.38. The molecule has 86 heavy (non-hydrogen) atoms. The fraction of sp³-hybridized carbons (Fsp3) is 0.500. The number of nitrogens with zero attached hydrogens (tertiary/aromatic N) is 6. The van der Waals surface area contributed by atoms with E-state index in [9.17, 15) is 59.1 Å². The van der Waals surface area contributed by atoms with Gasteiger partial charge in [-0.15, -0.1) is 0 Å². The SMILES string of the molecule is CC1(C)O[C@@H]2[C@H](O1)[C@@H](COP(=O)(OC[C@H]1O[C@@H](n3c(=O)[nH]c(=O)c4cc([N+](=O)[O-])c(Cl)cc43)[C@@H]3OC(C)(C)O[C@@H]31)OC[C@H]1O[C@@H](n3c(=O)[nH]c(=O)c4cc([N+](=O)[O-])c(Cl)cc43)[C@@H]3OC(C)(C)O[C@@H]31)O[C@H]2n1c(=O)[nH]c(=O)c2cc([N+](=O)[O-])c(Cl)cc21. The van der Waals surface area contributed by atoms with Crippen molar-refractivity contribution >= 4 is 92.4 Å². The van der Waals surface area contributed by atoms with Gasteiger partial charge in [-0.1, -0.05) is 34.8 Å². The second kappa shape index (κ2) is 21.0. The Morgan fingerprint density at radius 1 is 0.465 bits per heavy atom. The van der Waals surface area contributed by atoms with Crippen LogP contribution in [0.4, 0.5) is 17.1 Å². The third kappa shape index (κ3) is 10.3. The van der Waals surface area contributed by atoms with Gasteiger partial charge in [0.15, 0.2) is 36.0 Å². The van der Waals surface area contributed by atoms with E-state index < -0.39 is 199 Å². The Morgan fingerprint density at radius 2 is 0.709 bits per heavy atom. The first-order valence-corrected chi connectivity index (χ1v) is 28.4. The summed E-state index contributed by atoms with van der Waals surface area (Å²) >= 11 is 18.9. The molecule has 6 aliphatic heterocycles. The lowest BCUT2D eigenvalue weighted by molar-refractivity contribution is -0.384. The van der Waals surface area contributed by atoms with Crippen LogP contribution in [0.1, 0.15) is 60.2 Å². The molecule has 38 heteroatoms. The largest absolute Gasteiger partial charge is 0.475 e. The molecule has 0 bridgehead atoms. The number of nitro groups is 3. The zero-order valence-electron chi connectivity index (χ0n) is 45.0. The molecule has 458 valence electrons. The molecule has 0 saturated carbocycles. The van der Waals surface area contributed by atoms with Gasteiger partial charge in [0.25, 0.3) is 33.7 Å². The minimum Gasteiger partial charge on any atom is -0.346 e. The fourth-order valence-corrected chi connectivity index (χ4v) is 13.5. The summed E-state index contributed by atoms with van der Waals surface area (Å²) in [6, 6.07) is 5.71. The molecular formula is C48H45Cl3N9O25P. The van der Waals surface area contributed by atoms with Crippen molar-refractivity contribution in [3.8, 4) is 0 Å². The van der Waals surface area contributed by atoms with Crippen molar-refractivity contribution in [2.75, 3.05) is 19.8 Å². The second-order valence-corrected chi connectivity index (χ2v) is 24.7. The van der Waals surface area contributed by atoms with E-state index in [1.165, 1.54) is 41.5 Å². The van der Waals surface area contributed by atoms with Gasteiger partial charge in [-0.25, -0.2) is 18.9 Å². The molecule has 3 N–H and O–H groups in total. The molecule has 6 aromatic rings. The molecular weight excluding hydrogens is 1240 g/mol. The Bertz CT molecular complexity index is 3920. The topological polar surface area (TPSA) is 422 Å². The number of aromatic nitrogens is 6. The Hall–Kier alpha value is -6.70. The Morgan fingerprint density at radius 3 is 0.953 bits per heavy atom. The van der Waals surface area contributed by atoms with E-state index in [-0.39, 0.29) is 32.7 Å². The first-order valence-electron chi connectivity index (χ1n) is 25.8. The number of nitrogens with one attached hydrogen (secondary N) is 3. The molecule has 0 radical (unpaired) electrons. The second-order valence-electron chi connectivity index (χ2n) is 21.8. The van der Waals surface area contributed by atoms with Crippen LogP contribution in [-0.4, -0.2) is 136 Å². The molecule has 12 atom stereocenters. The van der Waals surface area contributed by atoms with Gasteiger partial charge < -0.3 is 42.6 Å². The van der Waals surface area contributed by atoms with E-state index in [4.69, 9.17) is 91.0 Å². The summed E-state index contributed by atoms with van der Waals surface area (Å²) < 4.78 is 93.3. The van der Waals surface area contributed by atoms with Crippen LogP contribution in [-0.2, 0) is 60.8 Å². The Labute approximate surface area is 491 Å². The summed E-state index contributed by atoms with van der Waals surface area (Å²) in [5, 5.41) is 33.2. The van der Waals surface area contributed by atoms with Gasteiger partial charge in [0.1, 0.15) is 70.0 Å². The minimum absolute atomic E-state index is 0.211. The number of phosphoric ester groups is 1. The molecule has 6 aliphatic rings. The highest BCUT2D eigenvalue weighted by Crippen LogP contribution is 2.55. The zero-order valence-corrected chi connectivity index (χ0v) is 48.1. The summed E-state index contributed by atoms with van der Waals surface area (Å²) in [7, 11) is -5.21. The van der Waals surface area contributed by atoms with Crippen LogP contribution in [0.25, 0.3) is 32.7 Å². The summed E-state index contributed by atoms with van der Waals surface area (Å²) in [4.78, 5) is 120. The zero-order chi connectivity index (χ0) is 61.8. The average molecular weight is 1290 g/mol. The number of phosphoric acid groups is 1. The Balaban J connectivity index is 0.893. The maximum Gasteiger partial charge on any atom is 0.475 e. The maximum absolute atomic E-state index is 15.6. The van der Waals surface area contributed by atoms with E-state index in [0.29, 0.717) is 0 Å². The molecule has 12 rings (SSSR count). The summed E-state index contributed by atoms with van der Waals surface area (Å²) in [5.41, 5.74) is -8.74. The number of nitro benzene ring substituents is 3. The van der Waals surface area contributed by atoms with Gasteiger partial charge in [-0.2, -0.15) is 0 Å². The van der Waals surface area contributed by atoms with Gasteiger partial charge in [0.05, 0.1) is 67.3 Å². The fourth-order valence-electron chi connectivity index (χ4n) is 11.6. The van der Waals surface area contributed by atoms with Crippen LogP contribution in [0, 0.1) is 30.3 Å². The summed E-state index contributed by atoms with van der Waals surface area (Å²) in [5.74, 6) is -4.22. The van der Waals surface area contributed by atoms with Crippen LogP contribution in [0.15, 0.2) is 65.2 Å². The van der Waals surface area contributed by atoms with Gasteiger partial charge in [-0.05, 0) is 59.7 Å². The third-order valence-corrected chi connectivity index (χ3v) is 17.2. The van der Waals surface area contributed by atoms with Crippen molar-refractivity contribution in [2.24, 2.45) is 0 Å². The highest BCUT2D eigenvalue weighted by atomic mass is 35.5. The number of fused-ring (bicyclic) bond motifs is 6. The predicted octanol–water partition coefficient (Wildman–Crippen LogP) is 4.19. The van der Waals surface area contributed by atoms with Crippen molar-refractivity contribution < 1.29 is 75.5 Å². The van der Waals surface area contributed by atoms with E-state index in [1.807, 2.05) is 0 Å².